The van der Waals surface area contributed by atoms with Gasteiger partial charge in [-0.2, -0.15) is 0 Å². The molecular weight excluding hydrogens is 559 g/mol. The molecule has 0 bridgehead atoms. The third kappa shape index (κ3) is 6.26. The van der Waals surface area contributed by atoms with E-state index < -0.39 is 0 Å². The number of hydrogen-bond donors (Lipinski definition) is 0. The van der Waals surface area contributed by atoms with Gasteiger partial charge in [0.25, 0.3) is 0 Å². The molecule has 0 saturated carbocycles. The summed E-state index contributed by atoms with van der Waals surface area (Å²) in [6.07, 6.45) is 0. The molecule has 0 saturated heterocycles. The van der Waals surface area contributed by atoms with Crippen LogP contribution in [0.2, 0.25) is 15.1 Å². The maximum atomic E-state index is 12.8. The number of hydrogen-bond acceptors (Lipinski definition) is 2. The van der Waals surface area contributed by atoms with Gasteiger partial charge in [-0.1, -0.05) is 58.7 Å². The Hall–Kier alpha value is -2.66. The van der Waals surface area contributed by atoms with E-state index in [2.05, 4.69) is 48.5 Å². The minimum absolute atomic E-state index is 0.0806. The summed E-state index contributed by atoms with van der Waals surface area (Å²) in [6.45, 7) is 0. The van der Waals surface area contributed by atoms with Crippen molar-refractivity contribution in [3.63, 3.8) is 0 Å². The molecule has 0 heterocycles. The van der Waals surface area contributed by atoms with Crippen LogP contribution in [0.15, 0.2) is 146 Å². The fourth-order valence-corrected chi connectivity index (χ4v) is 7.14. The average molecular weight is 579 g/mol. The monoisotopic (exact) mass is 577 g/mol. The fraction of sp³-hybridized carbons (Fsp3) is 0. The molecule has 37 heavy (non-hydrogen) atoms. The second-order valence-electron chi connectivity index (χ2n) is 8.12. The second kappa shape index (κ2) is 11.8. The Balaban J connectivity index is 1.36. The minimum Gasteiger partial charge on any atom is -0.289 e. The minimum atomic E-state index is -0.289. The highest BCUT2D eigenvalue weighted by molar-refractivity contribution is 7.99. The molecule has 5 rings (SSSR count). The van der Waals surface area contributed by atoms with Gasteiger partial charge in [-0.3, -0.25) is 4.79 Å². The van der Waals surface area contributed by atoms with Crippen molar-refractivity contribution in [2.75, 3.05) is 0 Å². The van der Waals surface area contributed by atoms with E-state index in [1.165, 1.54) is 14.7 Å². The van der Waals surface area contributed by atoms with Gasteiger partial charge >= 0.3 is 0 Å². The molecule has 0 atom stereocenters. The lowest BCUT2D eigenvalue weighted by Crippen LogP contribution is -2.04. The summed E-state index contributed by atoms with van der Waals surface area (Å²) < 4.78 is 0. The van der Waals surface area contributed by atoms with Crippen LogP contribution in [0.5, 0.6) is 0 Å². The molecule has 0 aliphatic carbocycles. The zero-order chi connectivity index (χ0) is 25.8. The van der Waals surface area contributed by atoms with E-state index in [1.54, 1.807) is 23.9 Å². The molecule has 5 aromatic carbocycles. The molecule has 1 nitrogen and oxygen atoms in total. The van der Waals surface area contributed by atoms with Gasteiger partial charge in [-0.15, -0.1) is 0 Å². The second-order valence-corrected chi connectivity index (χ2v) is 12.6. The van der Waals surface area contributed by atoms with Crippen molar-refractivity contribution >= 4 is 63.2 Å². The van der Waals surface area contributed by atoms with Gasteiger partial charge in [0.05, 0.1) is 15.9 Å². The van der Waals surface area contributed by atoms with Crippen molar-refractivity contribution in [1.82, 2.24) is 0 Å². The van der Waals surface area contributed by atoms with Crippen molar-refractivity contribution in [1.29, 1.82) is 0 Å². The van der Waals surface area contributed by atoms with Crippen molar-refractivity contribution in [3.8, 4) is 0 Å². The van der Waals surface area contributed by atoms with Crippen LogP contribution in [0.4, 0.5) is 0 Å². The zero-order valence-electron chi connectivity index (χ0n) is 19.4. The first-order chi connectivity index (χ1) is 18.0. The van der Waals surface area contributed by atoms with Crippen molar-refractivity contribution in [2.45, 2.75) is 24.5 Å². The van der Waals surface area contributed by atoms with Crippen LogP contribution in [0, 0.1) is 0 Å². The summed E-state index contributed by atoms with van der Waals surface area (Å²) in [5.41, 5.74) is 1.12. The van der Waals surface area contributed by atoms with Gasteiger partial charge in [-0.05, 0) is 109 Å². The number of carbonyl (C=O) groups is 1. The Morgan fingerprint density at radius 2 is 0.973 bits per heavy atom. The van der Waals surface area contributed by atoms with Crippen LogP contribution in [-0.2, 0) is 10.9 Å². The van der Waals surface area contributed by atoms with E-state index in [9.17, 15) is 4.79 Å². The Bertz CT molecular complexity index is 1470. The van der Waals surface area contributed by atoms with Gasteiger partial charge < -0.3 is 0 Å². The molecule has 0 unspecified atom stereocenters. The largest absolute Gasteiger partial charge is 0.289 e. The summed E-state index contributed by atoms with van der Waals surface area (Å²) in [4.78, 5) is 18.5. The lowest BCUT2D eigenvalue weighted by atomic mass is 10.0. The van der Waals surface area contributed by atoms with Crippen LogP contribution in [0.1, 0.15) is 15.9 Å². The molecule has 6 heteroatoms. The Kier molecular flexibility index (Phi) is 8.29. The van der Waals surface area contributed by atoms with E-state index in [0.717, 1.165) is 19.8 Å². The first-order valence-electron chi connectivity index (χ1n) is 11.4. The van der Waals surface area contributed by atoms with Gasteiger partial charge in [-0.25, -0.2) is 0 Å². The number of benzene rings is 5. The normalized spacial score (nSPS) is 11.0. The highest BCUT2D eigenvalue weighted by Gasteiger charge is 2.28. The summed E-state index contributed by atoms with van der Waals surface area (Å²) in [5.74, 6) is -0.0806. The molecule has 0 fully saturated rings. The summed E-state index contributed by atoms with van der Waals surface area (Å²) in [6, 6.07) is 39.4. The van der Waals surface area contributed by atoms with Crippen LogP contribution in [0.3, 0.4) is 0 Å². The molecule has 0 aliphatic rings. The number of rotatable bonds is 7. The van der Waals surface area contributed by atoms with Crippen molar-refractivity contribution in [2.24, 2.45) is 0 Å². The molecule has 5 aromatic rings. The summed E-state index contributed by atoms with van der Waals surface area (Å²) in [7, 11) is -0.289. The first kappa shape index (κ1) is 26.0. The van der Waals surface area contributed by atoms with E-state index in [1.807, 2.05) is 60.7 Å². The number of ketones is 1. The van der Waals surface area contributed by atoms with E-state index in [-0.39, 0.29) is 16.7 Å². The lowest BCUT2D eigenvalue weighted by molar-refractivity contribution is 0.103. The smallest absolute Gasteiger partial charge is 0.194 e. The van der Waals surface area contributed by atoms with Gasteiger partial charge in [0, 0.05) is 31.0 Å². The predicted octanol–water partition coefficient (Wildman–Crippen LogP) is 10.1. The average Bonchev–Trinajstić information content (AvgIpc) is 2.92. The number of halogens is 3. The van der Waals surface area contributed by atoms with Crippen LogP contribution < -0.4 is 0 Å². The Morgan fingerprint density at radius 1 is 0.541 bits per heavy atom. The molecule has 0 aromatic heterocycles. The Labute approximate surface area is 238 Å². The highest BCUT2D eigenvalue weighted by atomic mass is 35.5. The fourth-order valence-electron chi connectivity index (χ4n) is 3.80. The van der Waals surface area contributed by atoms with Crippen molar-refractivity contribution in [3.05, 3.63) is 148 Å². The highest BCUT2D eigenvalue weighted by Crippen LogP contribution is 2.35. The molecule has 0 radical (unpaired) electrons. The number of carbonyl (C=O) groups excluding carboxylic acids is 1. The Morgan fingerprint density at radius 3 is 1.46 bits per heavy atom. The standard InChI is InChI=1S/C31H20Cl3OS2/c32-22-7-15-26(16-8-22)37(27-17-9-23(33)10-18-27)28-19-13-25(14-20-28)36-24-11-5-21(6-12-24)31(35)29-3-1-2-4-30(29)34/h1-20H/q+1. The van der Waals surface area contributed by atoms with Crippen LogP contribution >= 0.6 is 46.6 Å². The lowest BCUT2D eigenvalue weighted by Gasteiger charge is -2.09. The van der Waals surface area contributed by atoms with Crippen LogP contribution in [-0.4, -0.2) is 5.78 Å². The summed E-state index contributed by atoms with van der Waals surface area (Å²) >= 11 is 20.2. The SMILES string of the molecule is O=C(c1ccc(Sc2ccc([S+](c3ccc(Cl)cc3)c3ccc(Cl)cc3)cc2)cc1)c1ccccc1Cl. The van der Waals surface area contributed by atoms with E-state index in [0.29, 0.717) is 16.1 Å². The van der Waals surface area contributed by atoms with Gasteiger partial charge in [0.1, 0.15) is 0 Å². The first-order valence-corrected chi connectivity index (χ1v) is 14.6. The molecule has 0 aliphatic heterocycles. The summed E-state index contributed by atoms with van der Waals surface area (Å²) in [5, 5.41) is 1.90. The molecule has 0 amide bonds. The molecule has 182 valence electrons. The third-order valence-corrected chi connectivity index (χ3v) is 9.71. The van der Waals surface area contributed by atoms with E-state index >= 15 is 0 Å². The van der Waals surface area contributed by atoms with Gasteiger partial charge in [0.15, 0.2) is 20.5 Å². The van der Waals surface area contributed by atoms with Crippen LogP contribution in [0.25, 0.3) is 0 Å². The zero-order valence-corrected chi connectivity index (χ0v) is 23.3. The molecule has 0 N–H and O–H groups in total. The molecule has 0 spiro atoms. The maximum absolute atomic E-state index is 12.8. The maximum Gasteiger partial charge on any atom is 0.194 e. The predicted molar refractivity (Wildman–Crippen MR) is 157 cm³/mol. The van der Waals surface area contributed by atoms with E-state index in [4.69, 9.17) is 34.8 Å². The van der Waals surface area contributed by atoms with Crippen molar-refractivity contribution < 1.29 is 4.79 Å². The topological polar surface area (TPSA) is 17.1 Å². The van der Waals surface area contributed by atoms with Gasteiger partial charge in [0.2, 0.25) is 0 Å². The quantitative estimate of drug-likeness (QED) is 0.141. The third-order valence-electron chi connectivity index (χ3n) is 5.63. The molecular formula is C31H20Cl3OS2+.